The molecule has 6 nitrogen and oxygen atoms in total. The molecule has 1 aromatic heterocycles. The van der Waals surface area contributed by atoms with Crippen LogP contribution in [0.4, 0.5) is 10.8 Å². The van der Waals surface area contributed by atoms with Crippen LogP contribution in [0.5, 0.6) is 0 Å². The van der Waals surface area contributed by atoms with E-state index in [1.54, 1.807) is 6.20 Å². The first-order valence-corrected chi connectivity index (χ1v) is 6.34. The zero-order valence-corrected chi connectivity index (χ0v) is 11.3. The maximum absolute atomic E-state index is 12.0. The van der Waals surface area contributed by atoms with Gasteiger partial charge in [0.2, 0.25) is 0 Å². The number of aryl methyl sites for hydroxylation is 1. The third-order valence-corrected chi connectivity index (χ3v) is 3.40. The lowest BCUT2D eigenvalue weighted by Gasteiger charge is -2.03. The molecule has 0 fully saturated rings. The smallest absolute Gasteiger partial charge is 0.270 e. The van der Waals surface area contributed by atoms with Crippen molar-refractivity contribution in [1.29, 1.82) is 0 Å². The van der Waals surface area contributed by atoms with Crippen molar-refractivity contribution in [3.8, 4) is 0 Å². The molecule has 1 aromatic carbocycles. The second kappa shape index (κ2) is 5.33. The normalized spacial score (nSPS) is 10.2. The number of nitrogens with zero attached hydrogens (tertiary/aromatic N) is 2. The van der Waals surface area contributed by atoms with Crippen LogP contribution in [0.3, 0.4) is 0 Å². The quantitative estimate of drug-likeness (QED) is 0.696. The topological polar surface area (TPSA) is 85.1 Å². The third kappa shape index (κ3) is 3.07. The molecular weight excluding hydrogens is 290 g/mol. The molecule has 0 radical (unpaired) electrons. The molecule has 0 bridgehead atoms. The summed E-state index contributed by atoms with van der Waals surface area (Å²) in [5, 5.41) is 13.8. The Morgan fingerprint density at radius 2 is 2.26 bits per heavy atom. The van der Waals surface area contributed by atoms with Crippen LogP contribution in [0, 0.1) is 17.0 Å². The Hall–Kier alpha value is -1.99. The van der Waals surface area contributed by atoms with Crippen LogP contribution in [0.25, 0.3) is 0 Å². The predicted octanol–water partition coefficient (Wildman–Crippen LogP) is 3.27. The average Bonchev–Trinajstić information content (AvgIpc) is 2.74. The van der Waals surface area contributed by atoms with Crippen molar-refractivity contribution in [3.63, 3.8) is 0 Å². The Balaban J connectivity index is 2.27. The van der Waals surface area contributed by atoms with Crippen LogP contribution >= 0.6 is 22.9 Å². The number of nitro benzene ring substituents is 1. The summed E-state index contributed by atoms with van der Waals surface area (Å²) in [5.74, 6) is -0.525. The van der Waals surface area contributed by atoms with E-state index in [2.05, 4.69) is 10.3 Å². The molecule has 0 atom stereocenters. The lowest BCUT2D eigenvalue weighted by Crippen LogP contribution is -2.12. The Labute approximate surface area is 117 Å². The fourth-order valence-electron chi connectivity index (χ4n) is 1.38. The minimum atomic E-state index is -0.583. The number of rotatable bonds is 3. The number of nitro groups is 1. The first-order valence-electron chi connectivity index (χ1n) is 5.15. The van der Waals surface area contributed by atoms with Crippen LogP contribution in [-0.4, -0.2) is 15.8 Å². The van der Waals surface area contributed by atoms with Crippen molar-refractivity contribution in [2.24, 2.45) is 0 Å². The highest BCUT2D eigenvalue weighted by Crippen LogP contribution is 2.24. The highest BCUT2D eigenvalue weighted by atomic mass is 35.5. The molecular formula is C11H8ClN3O3S. The third-order valence-electron chi connectivity index (χ3n) is 2.25. The van der Waals surface area contributed by atoms with Gasteiger partial charge in [-0.2, -0.15) is 0 Å². The van der Waals surface area contributed by atoms with E-state index in [4.69, 9.17) is 11.6 Å². The van der Waals surface area contributed by atoms with Crippen LogP contribution < -0.4 is 5.32 Å². The number of anilines is 1. The number of hydrogen-bond donors (Lipinski definition) is 1. The van der Waals surface area contributed by atoms with E-state index in [0.29, 0.717) is 5.13 Å². The summed E-state index contributed by atoms with van der Waals surface area (Å²) in [6.07, 6.45) is 1.62. The van der Waals surface area contributed by atoms with Crippen LogP contribution in [0.1, 0.15) is 15.2 Å². The molecule has 0 unspecified atom stereocenters. The predicted molar refractivity (Wildman–Crippen MR) is 72.9 cm³/mol. The second-order valence-corrected chi connectivity index (χ2v) is 5.29. The van der Waals surface area contributed by atoms with Crippen molar-refractivity contribution in [2.45, 2.75) is 6.92 Å². The molecule has 1 amide bonds. The number of thiazole rings is 1. The molecule has 98 valence electrons. The van der Waals surface area contributed by atoms with Crippen molar-refractivity contribution in [2.75, 3.05) is 5.32 Å². The van der Waals surface area contributed by atoms with Gasteiger partial charge in [0.05, 0.1) is 15.5 Å². The van der Waals surface area contributed by atoms with E-state index in [9.17, 15) is 14.9 Å². The molecule has 19 heavy (non-hydrogen) atoms. The molecule has 2 aromatic rings. The Bertz CT molecular complexity index is 656. The first-order chi connectivity index (χ1) is 8.97. The largest absolute Gasteiger partial charge is 0.298 e. The van der Waals surface area contributed by atoms with Crippen molar-refractivity contribution in [3.05, 3.63) is 50.0 Å². The molecule has 0 aliphatic carbocycles. The number of nitrogens with one attached hydrogen (secondary N) is 1. The van der Waals surface area contributed by atoms with Gasteiger partial charge in [0, 0.05) is 23.2 Å². The SMILES string of the molecule is Cc1cnc(NC(=O)c2cc([N+](=O)[O-])ccc2Cl)s1. The summed E-state index contributed by atoms with van der Waals surface area (Å²) in [6, 6.07) is 3.70. The Morgan fingerprint density at radius 3 is 2.84 bits per heavy atom. The van der Waals surface area contributed by atoms with Crippen LogP contribution in [-0.2, 0) is 0 Å². The van der Waals surface area contributed by atoms with E-state index < -0.39 is 10.8 Å². The summed E-state index contributed by atoms with van der Waals surface area (Å²) >= 11 is 7.17. The van der Waals surface area contributed by atoms with Gasteiger partial charge in [-0.25, -0.2) is 4.98 Å². The Morgan fingerprint density at radius 1 is 1.53 bits per heavy atom. The van der Waals surface area contributed by atoms with Gasteiger partial charge in [-0.3, -0.25) is 20.2 Å². The van der Waals surface area contributed by atoms with Gasteiger partial charge in [0.1, 0.15) is 0 Å². The van der Waals surface area contributed by atoms with Gasteiger partial charge in [-0.05, 0) is 13.0 Å². The van der Waals surface area contributed by atoms with Crippen LogP contribution in [0.15, 0.2) is 24.4 Å². The van der Waals surface area contributed by atoms with E-state index in [1.165, 1.54) is 23.5 Å². The lowest BCUT2D eigenvalue weighted by atomic mass is 10.2. The number of amides is 1. The van der Waals surface area contributed by atoms with Gasteiger partial charge < -0.3 is 0 Å². The van der Waals surface area contributed by atoms with Gasteiger partial charge in [0.25, 0.3) is 11.6 Å². The number of aromatic nitrogens is 1. The summed E-state index contributed by atoms with van der Waals surface area (Å²) in [4.78, 5) is 27.0. The fraction of sp³-hybridized carbons (Fsp3) is 0.0909. The number of carbonyl (C=O) groups is 1. The zero-order valence-electron chi connectivity index (χ0n) is 9.71. The lowest BCUT2D eigenvalue weighted by molar-refractivity contribution is -0.384. The maximum Gasteiger partial charge on any atom is 0.270 e. The molecule has 0 saturated carbocycles. The number of benzene rings is 1. The molecule has 2 rings (SSSR count). The van der Waals surface area contributed by atoms with Gasteiger partial charge in [-0.15, -0.1) is 11.3 Å². The van der Waals surface area contributed by atoms with E-state index in [1.807, 2.05) is 6.92 Å². The van der Waals surface area contributed by atoms with Gasteiger partial charge in [0.15, 0.2) is 5.13 Å². The summed E-state index contributed by atoms with van der Waals surface area (Å²) in [7, 11) is 0. The number of non-ortho nitro benzene ring substituents is 1. The van der Waals surface area contributed by atoms with Crippen LogP contribution in [0.2, 0.25) is 5.02 Å². The van der Waals surface area contributed by atoms with Crippen molar-refractivity contribution < 1.29 is 9.72 Å². The maximum atomic E-state index is 12.0. The highest BCUT2D eigenvalue weighted by molar-refractivity contribution is 7.15. The second-order valence-electron chi connectivity index (χ2n) is 3.65. The minimum absolute atomic E-state index is 0.0451. The van der Waals surface area contributed by atoms with Crippen molar-refractivity contribution in [1.82, 2.24) is 4.98 Å². The fourth-order valence-corrected chi connectivity index (χ4v) is 2.24. The summed E-state index contributed by atoms with van der Waals surface area (Å²) in [6.45, 7) is 1.85. The molecule has 8 heteroatoms. The standard InChI is InChI=1S/C11H8ClN3O3S/c1-6-5-13-11(19-6)14-10(16)8-4-7(15(17)18)2-3-9(8)12/h2-5H,1H3,(H,13,14,16). The van der Waals surface area contributed by atoms with E-state index in [0.717, 1.165) is 10.9 Å². The van der Waals surface area contributed by atoms with E-state index >= 15 is 0 Å². The molecule has 1 heterocycles. The van der Waals surface area contributed by atoms with Gasteiger partial charge >= 0.3 is 0 Å². The number of hydrogen-bond acceptors (Lipinski definition) is 5. The summed E-state index contributed by atoms with van der Waals surface area (Å²) < 4.78 is 0. The Kier molecular flexibility index (Phi) is 3.77. The monoisotopic (exact) mass is 297 g/mol. The molecule has 0 saturated heterocycles. The number of halogens is 1. The zero-order chi connectivity index (χ0) is 14.0. The molecule has 1 N–H and O–H groups in total. The molecule has 0 aliphatic rings. The van der Waals surface area contributed by atoms with E-state index in [-0.39, 0.29) is 16.3 Å². The molecule has 0 spiro atoms. The molecule has 0 aliphatic heterocycles. The minimum Gasteiger partial charge on any atom is -0.298 e. The summed E-state index contributed by atoms with van der Waals surface area (Å²) in [5.41, 5.74) is -0.145. The number of carbonyl (C=O) groups excluding carboxylic acids is 1. The first kappa shape index (κ1) is 13.4. The van der Waals surface area contributed by atoms with Gasteiger partial charge in [-0.1, -0.05) is 11.6 Å². The van der Waals surface area contributed by atoms with Crippen molar-refractivity contribution >= 4 is 39.7 Å². The highest BCUT2D eigenvalue weighted by Gasteiger charge is 2.16. The average molecular weight is 298 g/mol.